The molecule has 0 N–H and O–H groups in total. The van der Waals surface area contributed by atoms with E-state index in [1.807, 2.05) is 24.3 Å². The fourth-order valence-electron chi connectivity index (χ4n) is 1.63. The average Bonchev–Trinajstić information content (AvgIpc) is 2.43. The fourth-order valence-corrected chi connectivity index (χ4v) is 1.63. The summed E-state index contributed by atoms with van der Waals surface area (Å²) in [5.41, 5.74) is 2.34. The Morgan fingerprint density at radius 3 is 2.05 bits per heavy atom. The van der Waals surface area contributed by atoms with Crippen LogP contribution < -0.4 is 0 Å². The molecule has 0 fully saturated rings. The Balaban J connectivity index is 3.07. The zero-order valence-electron chi connectivity index (χ0n) is 12.3. The molecule has 1 aromatic rings. The molecule has 20 heavy (non-hydrogen) atoms. The third kappa shape index (κ3) is 4.30. The van der Waals surface area contributed by atoms with Crippen LogP contribution in [-0.2, 0) is 10.2 Å². The summed E-state index contributed by atoms with van der Waals surface area (Å²) >= 11 is 0. The zero-order valence-corrected chi connectivity index (χ0v) is 12.3. The van der Waals surface area contributed by atoms with Gasteiger partial charge in [-0.1, -0.05) is 45.0 Å². The maximum atomic E-state index is 8.74. The lowest BCUT2D eigenvalue weighted by molar-refractivity contribution is 0.310. The highest BCUT2D eigenvalue weighted by molar-refractivity contribution is 5.56. The molecule has 0 aromatic heterocycles. The van der Waals surface area contributed by atoms with Gasteiger partial charge in [0, 0.05) is 6.08 Å². The van der Waals surface area contributed by atoms with Crippen LogP contribution in [0.3, 0.4) is 0 Å². The van der Waals surface area contributed by atoms with E-state index in [2.05, 4.69) is 32.9 Å². The van der Waals surface area contributed by atoms with Crippen molar-refractivity contribution in [3.8, 4) is 12.1 Å². The van der Waals surface area contributed by atoms with Gasteiger partial charge in [0.15, 0.2) is 0 Å². The maximum Gasteiger partial charge on any atom is 0.133 e. The van der Waals surface area contributed by atoms with E-state index >= 15 is 0 Å². The second-order valence-electron chi connectivity index (χ2n) is 5.40. The molecule has 0 unspecified atom stereocenters. The smallest absolute Gasteiger partial charge is 0.133 e. The van der Waals surface area contributed by atoms with E-state index in [0.29, 0.717) is 5.76 Å². The van der Waals surface area contributed by atoms with Crippen LogP contribution in [0, 0.1) is 22.7 Å². The molecule has 0 spiro atoms. The van der Waals surface area contributed by atoms with Crippen molar-refractivity contribution in [3.05, 3.63) is 52.8 Å². The van der Waals surface area contributed by atoms with Crippen LogP contribution in [0.15, 0.2) is 41.7 Å². The van der Waals surface area contributed by atoms with Crippen LogP contribution in [0.2, 0.25) is 0 Å². The number of benzene rings is 1. The van der Waals surface area contributed by atoms with Crippen molar-refractivity contribution in [1.82, 2.24) is 0 Å². The van der Waals surface area contributed by atoms with Crippen molar-refractivity contribution in [2.75, 3.05) is 7.11 Å². The minimum atomic E-state index is 0.0180. The molecule has 1 rings (SSSR count). The van der Waals surface area contributed by atoms with Crippen LogP contribution in [0.25, 0.3) is 6.08 Å². The van der Waals surface area contributed by atoms with Gasteiger partial charge in [0.2, 0.25) is 0 Å². The van der Waals surface area contributed by atoms with E-state index < -0.39 is 0 Å². The molecule has 0 amide bonds. The Bertz CT molecular complexity index is 586. The second kappa shape index (κ2) is 6.59. The summed E-state index contributed by atoms with van der Waals surface area (Å²) in [4.78, 5) is 0. The van der Waals surface area contributed by atoms with Crippen LogP contribution in [0.5, 0.6) is 0 Å². The summed E-state index contributed by atoms with van der Waals surface area (Å²) in [6, 6.07) is 11.7. The molecule has 0 saturated carbocycles. The number of hydrogen-bond acceptors (Lipinski definition) is 3. The van der Waals surface area contributed by atoms with E-state index in [-0.39, 0.29) is 11.0 Å². The van der Waals surface area contributed by atoms with Gasteiger partial charge in [0.1, 0.15) is 23.5 Å². The van der Waals surface area contributed by atoms with Gasteiger partial charge in [-0.3, -0.25) is 0 Å². The second-order valence-corrected chi connectivity index (χ2v) is 5.40. The predicted octanol–water partition coefficient (Wildman–Crippen LogP) is 3.94. The van der Waals surface area contributed by atoms with Crippen molar-refractivity contribution in [3.63, 3.8) is 0 Å². The van der Waals surface area contributed by atoms with E-state index in [0.717, 1.165) is 5.56 Å². The minimum Gasteiger partial charge on any atom is -0.497 e. The van der Waals surface area contributed by atoms with E-state index in [9.17, 15) is 0 Å². The van der Waals surface area contributed by atoms with Gasteiger partial charge < -0.3 is 4.74 Å². The van der Waals surface area contributed by atoms with Crippen molar-refractivity contribution in [2.24, 2.45) is 0 Å². The number of ether oxygens (including phenoxy) is 1. The summed E-state index contributed by atoms with van der Waals surface area (Å²) in [6.07, 6.45) is 3.22. The zero-order chi connectivity index (χ0) is 15.2. The Morgan fingerprint density at radius 2 is 1.65 bits per heavy atom. The van der Waals surface area contributed by atoms with Gasteiger partial charge in [-0.2, -0.15) is 10.5 Å². The monoisotopic (exact) mass is 266 g/mol. The van der Waals surface area contributed by atoms with Crippen LogP contribution in [-0.4, -0.2) is 7.11 Å². The average molecular weight is 266 g/mol. The topological polar surface area (TPSA) is 56.8 Å². The van der Waals surface area contributed by atoms with Gasteiger partial charge in [0.25, 0.3) is 0 Å². The highest BCUT2D eigenvalue weighted by Crippen LogP contribution is 2.23. The fraction of sp³-hybridized carbons (Fsp3) is 0.294. The van der Waals surface area contributed by atoms with Gasteiger partial charge in [0.05, 0.1) is 7.11 Å². The van der Waals surface area contributed by atoms with Gasteiger partial charge in [-0.15, -0.1) is 0 Å². The molecule has 3 heteroatoms. The Hall–Kier alpha value is -2.52. The van der Waals surface area contributed by atoms with Gasteiger partial charge in [-0.05, 0) is 22.6 Å². The molecular weight excluding hydrogens is 248 g/mol. The van der Waals surface area contributed by atoms with Crippen molar-refractivity contribution >= 4 is 6.08 Å². The molecular formula is C17H18N2O. The molecule has 3 nitrogen and oxygen atoms in total. The Labute approximate surface area is 120 Å². The van der Waals surface area contributed by atoms with E-state index in [1.165, 1.54) is 18.7 Å². The number of nitrogens with zero attached hydrogens (tertiary/aromatic N) is 2. The standard InChI is InChI=1S/C17H18N2O/c1-17(2,3)15-7-5-13(6-8-15)9-16(20-4)10-14(11-18)12-19/h5-10H,1-4H3/b16-9+. The predicted molar refractivity (Wildman–Crippen MR) is 79.4 cm³/mol. The number of rotatable bonds is 3. The van der Waals surface area contributed by atoms with Crippen molar-refractivity contribution in [2.45, 2.75) is 26.2 Å². The van der Waals surface area contributed by atoms with Gasteiger partial charge in [-0.25, -0.2) is 0 Å². The molecule has 0 aliphatic heterocycles. The third-order valence-corrected chi connectivity index (χ3v) is 2.85. The first-order valence-corrected chi connectivity index (χ1v) is 6.29. The van der Waals surface area contributed by atoms with Crippen LogP contribution in [0.1, 0.15) is 31.9 Å². The summed E-state index contributed by atoms with van der Waals surface area (Å²) in [6.45, 7) is 6.48. The van der Waals surface area contributed by atoms with E-state index in [4.69, 9.17) is 15.3 Å². The molecule has 0 bridgehead atoms. The van der Waals surface area contributed by atoms with Crippen LogP contribution >= 0.6 is 0 Å². The van der Waals surface area contributed by atoms with E-state index in [1.54, 1.807) is 6.08 Å². The Morgan fingerprint density at radius 1 is 1.10 bits per heavy atom. The Kier molecular flexibility index (Phi) is 5.12. The number of nitriles is 2. The molecule has 1 aromatic carbocycles. The van der Waals surface area contributed by atoms with Gasteiger partial charge >= 0.3 is 0 Å². The largest absolute Gasteiger partial charge is 0.497 e. The van der Waals surface area contributed by atoms with Crippen molar-refractivity contribution < 1.29 is 4.74 Å². The molecule has 102 valence electrons. The lowest BCUT2D eigenvalue weighted by atomic mass is 9.87. The maximum absolute atomic E-state index is 8.74. The van der Waals surface area contributed by atoms with Crippen LogP contribution in [0.4, 0.5) is 0 Å². The lowest BCUT2D eigenvalue weighted by Crippen LogP contribution is -2.10. The molecule has 0 heterocycles. The number of hydrogen-bond donors (Lipinski definition) is 0. The third-order valence-electron chi connectivity index (χ3n) is 2.85. The summed E-state index contributed by atoms with van der Waals surface area (Å²) in [5.74, 6) is 0.478. The highest BCUT2D eigenvalue weighted by atomic mass is 16.5. The lowest BCUT2D eigenvalue weighted by Gasteiger charge is -2.18. The normalized spacial score (nSPS) is 11.2. The summed E-state index contributed by atoms with van der Waals surface area (Å²) < 4.78 is 5.17. The summed E-state index contributed by atoms with van der Waals surface area (Å²) in [5, 5.41) is 17.5. The first-order chi connectivity index (χ1) is 9.40. The quantitative estimate of drug-likeness (QED) is 0.473. The first-order valence-electron chi connectivity index (χ1n) is 6.29. The highest BCUT2D eigenvalue weighted by Gasteiger charge is 2.12. The molecule has 0 radical (unpaired) electrons. The first kappa shape index (κ1) is 15.5. The molecule has 0 saturated heterocycles. The molecule has 0 aliphatic carbocycles. The SMILES string of the molecule is CO/C(C=C(C#N)C#N)=C/c1ccc(C(C)(C)C)cc1. The minimum absolute atomic E-state index is 0.0180. The molecule has 0 atom stereocenters. The number of methoxy groups -OCH3 is 1. The van der Waals surface area contributed by atoms with Crippen molar-refractivity contribution in [1.29, 1.82) is 10.5 Å². The molecule has 0 aliphatic rings. The summed E-state index contributed by atoms with van der Waals surface area (Å²) in [7, 11) is 1.51. The number of allylic oxidation sites excluding steroid dienone is 2.